The second-order valence-corrected chi connectivity index (χ2v) is 6.04. The zero-order chi connectivity index (χ0) is 16.8. The first-order valence-electron chi connectivity index (χ1n) is 7.71. The topological polar surface area (TPSA) is 45.6 Å². The summed E-state index contributed by atoms with van der Waals surface area (Å²) in [4.78, 5) is 23.5. The third-order valence-corrected chi connectivity index (χ3v) is 4.42. The van der Waals surface area contributed by atoms with Crippen LogP contribution in [0.1, 0.15) is 12.5 Å². The van der Waals surface area contributed by atoms with Crippen LogP contribution in [0.3, 0.4) is 0 Å². The molecule has 5 heteroatoms. The van der Waals surface area contributed by atoms with Gasteiger partial charge < -0.3 is 0 Å². The Bertz CT molecular complexity index is 798. The number of amides is 1. The van der Waals surface area contributed by atoms with Crippen LogP contribution in [0, 0.1) is 0 Å². The number of likely N-dealkylation sites (N-methyl/N-ethyl adjacent to an activating group) is 1. The number of aromatic nitrogens is 1. The Kier molecular flexibility index (Phi) is 5.23. The highest BCUT2D eigenvalue weighted by molar-refractivity contribution is 8.18. The summed E-state index contributed by atoms with van der Waals surface area (Å²) >= 11 is 1.38. The fourth-order valence-electron chi connectivity index (χ4n) is 2.21. The predicted octanol–water partition coefficient (Wildman–Crippen LogP) is 4.26. The van der Waals surface area contributed by atoms with E-state index in [2.05, 4.69) is 9.98 Å². The maximum absolute atomic E-state index is 12.5. The van der Waals surface area contributed by atoms with Gasteiger partial charge in [-0.25, -0.2) is 9.98 Å². The van der Waals surface area contributed by atoms with E-state index in [4.69, 9.17) is 0 Å². The molecule has 0 spiro atoms. The van der Waals surface area contributed by atoms with Crippen molar-refractivity contribution in [3.8, 4) is 0 Å². The van der Waals surface area contributed by atoms with Gasteiger partial charge in [0, 0.05) is 12.7 Å². The van der Waals surface area contributed by atoms with Gasteiger partial charge >= 0.3 is 0 Å². The minimum Gasteiger partial charge on any atom is -0.287 e. The van der Waals surface area contributed by atoms with Gasteiger partial charge in [0.05, 0.1) is 4.91 Å². The normalized spacial score (nSPS) is 18.2. The molecule has 1 aromatic carbocycles. The summed E-state index contributed by atoms with van der Waals surface area (Å²) in [5.74, 6) is 0.585. The monoisotopic (exact) mass is 335 g/mol. The van der Waals surface area contributed by atoms with Crippen LogP contribution in [0.5, 0.6) is 0 Å². The van der Waals surface area contributed by atoms with Crippen LogP contribution in [0.15, 0.2) is 76.8 Å². The van der Waals surface area contributed by atoms with Gasteiger partial charge in [-0.05, 0) is 42.5 Å². The highest BCUT2D eigenvalue weighted by Gasteiger charge is 2.31. The molecule has 4 nitrogen and oxygen atoms in total. The molecule has 0 atom stereocenters. The number of nitrogens with zero attached hydrogens (tertiary/aromatic N) is 3. The van der Waals surface area contributed by atoms with Crippen LogP contribution < -0.4 is 0 Å². The zero-order valence-corrected chi connectivity index (χ0v) is 14.1. The van der Waals surface area contributed by atoms with Crippen molar-refractivity contribution in [3.05, 3.63) is 77.3 Å². The third kappa shape index (κ3) is 3.81. The van der Waals surface area contributed by atoms with Gasteiger partial charge in [0.1, 0.15) is 0 Å². The number of benzene rings is 1. The third-order valence-electron chi connectivity index (χ3n) is 3.40. The Balaban J connectivity index is 1.81. The number of hydrogen-bond acceptors (Lipinski definition) is 4. The van der Waals surface area contributed by atoms with Crippen LogP contribution in [-0.4, -0.2) is 27.5 Å². The Labute approximate surface area is 145 Å². The minimum absolute atomic E-state index is 0.0186. The Hall–Kier alpha value is -2.66. The summed E-state index contributed by atoms with van der Waals surface area (Å²) in [5, 5.41) is 0.667. The number of pyridine rings is 1. The van der Waals surface area contributed by atoms with Crippen molar-refractivity contribution in [2.75, 3.05) is 6.54 Å². The first-order valence-corrected chi connectivity index (χ1v) is 8.52. The van der Waals surface area contributed by atoms with Crippen LogP contribution >= 0.6 is 11.8 Å². The van der Waals surface area contributed by atoms with Gasteiger partial charge in [-0.1, -0.05) is 48.6 Å². The zero-order valence-electron chi connectivity index (χ0n) is 13.3. The molecule has 0 aliphatic carbocycles. The van der Waals surface area contributed by atoms with E-state index in [0.29, 0.717) is 22.4 Å². The van der Waals surface area contributed by atoms with Crippen molar-refractivity contribution in [2.24, 2.45) is 4.99 Å². The average molecular weight is 335 g/mol. The molecule has 1 amide bonds. The number of aliphatic imine (C=N–C) groups is 1. The molecule has 2 aromatic rings. The van der Waals surface area contributed by atoms with Gasteiger partial charge in [-0.2, -0.15) is 0 Å². The summed E-state index contributed by atoms with van der Waals surface area (Å²) in [7, 11) is 0. The number of allylic oxidation sites excluding steroid dienone is 2. The summed E-state index contributed by atoms with van der Waals surface area (Å²) < 4.78 is 0. The molecule has 0 saturated carbocycles. The standard InChI is InChI=1S/C19H17N3OS/c1-2-22-18(23)16(12-8-11-15-9-4-3-5-10-15)24-19(22)21-17-13-6-7-14-20-17/h3-14H,2H2,1H3/b11-8+,16-12-,21-19+. The molecule has 1 saturated heterocycles. The molecule has 0 N–H and O–H groups in total. The molecular weight excluding hydrogens is 318 g/mol. The largest absolute Gasteiger partial charge is 0.287 e. The van der Waals surface area contributed by atoms with Gasteiger partial charge in [0.2, 0.25) is 0 Å². The van der Waals surface area contributed by atoms with Crippen molar-refractivity contribution in [1.82, 2.24) is 9.88 Å². The average Bonchev–Trinajstić information content (AvgIpc) is 2.91. The smallest absolute Gasteiger partial charge is 0.266 e. The fourth-order valence-corrected chi connectivity index (χ4v) is 3.22. The number of amidine groups is 1. The van der Waals surface area contributed by atoms with Crippen molar-refractivity contribution in [1.29, 1.82) is 0 Å². The van der Waals surface area contributed by atoms with Gasteiger partial charge in [0.15, 0.2) is 11.0 Å². The van der Waals surface area contributed by atoms with Crippen molar-refractivity contribution < 1.29 is 4.79 Å². The molecule has 24 heavy (non-hydrogen) atoms. The van der Waals surface area contributed by atoms with E-state index >= 15 is 0 Å². The summed E-state index contributed by atoms with van der Waals surface area (Å²) in [5.41, 5.74) is 1.10. The van der Waals surface area contributed by atoms with Crippen molar-refractivity contribution >= 4 is 34.7 Å². The first-order chi connectivity index (χ1) is 11.8. The van der Waals surface area contributed by atoms with Gasteiger partial charge in [0.25, 0.3) is 5.91 Å². The summed E-state index contributed by atoms with van der Waals surface area (Å²) in [6.07, 6.45) is 7.40. The lowest BCUT2D eigenvalue weighted by Gasteiger charge is -2.11. The lowest BCUT2D eigenvalue weighted by molar-refractivity contribution is -0.122. The Morgan fingerprint density at radius 2 is 1.96 bits per heavy atom. The van der Waals surface area contributed by atoms with Crippen LogP contribution in [0.25, 0.3) is 6.08 Å². The van der Waals surface area contributed by atoms with E-state index in [1.807, 2.05) is 73.7 Å². The molecule has 1 aliphatic rings. The maximum Gasteiger partial charge on any atom is 0.266 e. The van der Waals surface area contributed by atoms with Gasteiger partial charge in [-0.15, -0.1) is 0 Å². The van der Waals surface area contributed by atoms with Crippen LogP contribution in [0.4, 0.5) is 5.82 Å². The Morgan fingerprint density at radius 1 is 1.17 bits per heavy atom. The summed E-state index contributed by atoms with van der Waals surface area (Å²) in [6.45, 7) is 2.52. The van der Waals surface area contributed by atoms with Crippen LogP contribution in [0.2, 0.25) is 0 Å². The maximum atomic E-state index is 12.5. The number of rotatable bonds is 4. The quantitative estimate of drug-likeness (QED) is 0.784. The highest BCUT2D eigenvalue weighted by atomic mass is 32.2. The van der Waals surface area contributed by atoms with E-state index in [9.17, 15) is 4.79 Å². The van der Waals surface area contributed by atoms with E-state index in [0.717, 1.165) is 5.56 Å². The molecule has 1 aliphatic heterocycles. The molecule has 0 unspecified atom stereocenters. The summed E-state index contributed by atoms with van der Waals surface area (Å²) in [6, 6.07) is 15.5. The molecule has 2 heterocycles. The van der Waals surface area contributed by atoms with Crippen molar-refractivity contribution in [3.63, 3.8) is 0 Å². The molecule has 3 rings (SSSR count). The number of hydrogen-bond donors (Lipinski definition) is 0. The number of carbonyl (C=O) groups is 1. The number of thioether (sulfide) groups is 1. The second kappa shape index (κ2) is 7.75. The predicted molar refractivity (Wildman–Crippen MR) is 99.9 cm³/mol. The second-order valence-electron chi connectivity index (χ2n) is 5.03. The van der Waals surface area contributed by atoms with Gasteiger partial charge in [-0.3, -0.25) is 9.69 Å². The van der Waals surface area contributed by atoms with E-state index in [-0.39, 0.29) is 5.91 Å². The molecular formula is C19H17N3OS. The Morgan fingerprint density at radius 3 is 2.67 bits per heavy atom. The highest BCUT2D eigenvalue weighted by Crippen LogP contribution is 2.32. The van der Waals surface area contributed by atoms with E-state index < -0.39 is 0 Å². The lowest BCUT2D eigenvalue weighted by Crippen LogP contribution is -2.28. The lowest BCUT2D eigenvalue weighted by atomic mass is 10.2. The van der Waals surface area contributed by atoms with Crippen molar-refractivity contribution in [2.45, 2.75) is 6.92 Å². The molecule has 0 bridgehead atoms. The molecule has 1 aromatic heterocycles. The SMILES string of the molecule is CCN1C(=O)/C(=C/C=C/c2ccccc2)S/C1=N/c1ccccn1. The van der Waals surface area contributed by atoms with E-state index in [1.54, 1.807) is 11.1 Å². The molecule has 120 valence electrons. The first kappa shape index (κ1) is 16.2. The number of carbonyl (C=O) groups excluding carboxylic acids is 1. The fraction of sp³-hybridized carbons (Fsp3) is 0.105. The molecule has 1 fully saturated rings. The van der Waals surface area contributed by atoms with E-state index in [1.165, 1.54) is 11.8 Å². The molecule has 0 radical (unpaired) electrons. The minimum atomic E-state index is -0.0186. The van der Waals surface area contributed by atoms with Crippen LogP contribution in [-0.2, 0) is 4.79 Å².